The average Bonchev–Trinajstić information content (AvgIpc) is 2.43. The second kappa shape index (κ2) is 9.33. The quantitative estimate of drug-likeness (QED) is 0.714. The zero-order chi connectivity index (χ0) is 18.3. The number of rotatable bonds is 7. The van der Waals surface area contributed by atoms with Crippen LogP contribution in [0.3, 0.4) is 0 Å². The van der Waals surface area contributed by atoms with E-state index in [0.29, 0.717) is 18.1 Å². The van der Waals surface area contributed by atoms with Gasteiger partial charge in [0.15, 0.2) is 0 Å². The van der Waals surface area contributed by atoms with Crippen LogP contribution in [0.5, 0.6) is 0 Å². The number of ether oxygens (including phenoxy) is 1. The highest BCUT2D eigenvalue weighted by molar-refractivity contribution is 7.99. The molecule has 1 aromatic carbocycles. The summed E-state index contributed by atoms with van der Waals surface area (Å²) in [5, 5.41) is 13.4. The van der Waals surface area contributed by atoms with Crippen molar-refractivity contribution in [2.24, 2.45) is 5.92 Å². The molecule has 0 aliphatic heterocycles. The number of carbonyl (C=O) groups is 1. The minimum Gasteiger partial charge on any atom is -0.444 e. The largest absolute Gasteiger partial charge is 0.444 e. The molecule has 0 fully saturated rings. The third-order valence-electron chi connectivity index (χ3n) is 3.33. The molecule has 0 spiro atoms. The van der Waals surface area contributed by atoms with Gasteiger partial charge in [0.2, 0.25) is 0 Å². The Hall–Kier alpha value is -1.20. The lowest BCUT2D eigenvalue weighted by atomic mass is 10.0. The van der Waals surface area contributed by atoms with Crippen LogP contribution in [0.25, 0.3) is 0 Å². The number of alkyl carbamates (subject to hydrolysis) is 1. The molecule has 24 heavy (non-hydrogen) atoms. The first-order chi connectivity index (χ1) is 11.1. The minimum absolute atomic E-state index is 0.321. The van der Waals surface area contributed by atoms with Crippen molar-refractivity contribution in [2.75, 3.05) is 5.75 Å². The summed E-state index contributed by atoms with van der Waals surface area (Å²) in [5.41, 5.74) is 0.665. The summed E-state index contributed by atoms with van der Waals surface area (Å²) in [6.07, 6.45) is -0.409. The molecule has 1 amide bonds. The normalized spacial score (nSPS) is 14.3. The second-order valence-corrected chi connectivity index (χ2v) is 8.67. The Morgan fingerprint density at radius 3 is 2.33 bits per heavy atom. The van der Waals surface area contributed by atoms with Crippen LogP contribution in [0.15, 0.2) is 29.2 Å². The number of aliphatic hydroxyl groups is 1. The molecule has 4 nitrogen and oxygen atoms in total. The van der Waals surface area contributed by atoms with Gasteiger partial charge in [0.05, 0.1) is 12.1 Å². The van der Waals surface area contributed by atoms with Gasteiger partial charge < -0.3 is 15.2 Å². The number of amides is 1. The van der Waals surface area contributed by atoms with E-state index in [1.54, 1.807) is 11.8 Å². The highest BCUT2D eigenvalue weighted by Crippen LogP contribution is 2.21. The highest BCUT2D eigenvalue weighted by atomic mass is 32.2. The topological polar surface area (TPSA) is 58.6 Å². The first-order valence-electron chi connectivity index (χ1n) is 8.44. The van der Waals surface area contributed by atoms with Crippen molar-refractivity contribution in [3.63, 3.8) is 0 Å². The lowest BCUT2D eigenvalue weighted by molar-refractivity contribution is 0.0426. The summed E-state index contributed by atoms with van der Waals surface area (Å²) in [6.45, 7) is 11.7. The van der Waals surface area contributed by atoms with Crippen LogP contribution in [0.4, 0.5) is 4.79 Å². The second-order valence-electron chi connectivity index (χ2n) is 7.57. The fourth-order valence-corrected chi connectivity index (χ4v) is 3.14. The van der Waals surface area contributed by atoms with Gasteiger partial charge >= 0.3 is 6.09 Å². The van der Waals surface area contributed by atoms with Crippen LogP contribution in [-0.2, 0) is 4.74 Å². The third-order valence-corrected chi connectivity index (χ3v) is 4.45. The van der Waals surface area contributed by atoms with Crippen LogP contribution < -0.4 is 5.32 Å². The molecule has 0 aliphatic carbocycles. The van der Waals surface area contributed by atoms with Crippen molar-refractivity contribution in [3.05, 3.63) is 29.8 Å². The zero-order valence-electron chi connectivity index (χ0n) is 15.6. The van der Waals surface area contributed by atoms with E-state index in [4.69, 9.17) is 4.74 Å². The molecule has 5 heteroatoms. The van der Waals surface area contributed by atoms with Crippen molar-refractivity contribution < 1.29 is 14.6 Å². The molecule has 0 heterocycles. The summed E-state index contributed by atoms with van der Waals surface area (Å²) >= 11 is 1.59. The van der Waals surface area contributed by atoms with Gasteiger partial charge in [-0.1, -0.05) is 31.5 Å². The van der Waals surface area contributed by atoms with E-state index in [2.05, 4.69) is 31.3 Å². The number of aryl methyl sites for hydroxylation is 1. The Balaban J connectivity index is 2.61. The minimum atomic E-state index is -0.633. The maximum absolute atomic E-state index is 12.0. The fourth-order valence-electron chi connectivity index (χ4n) is 2.21. The molecule has 0 aromatic heterocycles. The summed E-state index contributed by atoms with van der Waals surface area (Å²) in [4.78, 5) is 13.1. The Kier molecular flexibility index (Phi) is 8.10. The fraction of sp³-hybridized carbons (Fsp3) is 0.632. The molecule has 0 aliphatic rings. The van der Waals surface area contributed by atoms with E-state index in [-0.39, 0.29) is 6.04 Å². The smallest absolute Gasteiger partial charge is 0.407 e. The molecule has 1 rings (SSSR count). The number of carbonyl (C=O) groups excluding carboxylic acids is 1. The predicted octanol–water partition coefficient (Wildman–Crippen LogP) is 4.39. The molecular formula is C19H31NO3S. The molecule has 0 bridgehead atoms. The Morgan fingerprint density at radius 2 is 1.83 bits per heavy atom. The van der Waals surface area contributed by atoms with E-state index >= 15 is 0 Å². The van der Waals surface area contributed by atoms with Crippen molar-refractivity contribution in [1.82, 2.24) is 5.32 Å². The standard InChI is InChI=1S/C19H31NO3S/c1-13(2)11-16(20-18(22)23-19(4,5)6)17(21)12-24-15-9-7-14(3)8-10-15/h7-10,13,16-17,21H,11-12H2,1-6H3,(H,20,22)/t16-,17-/m0/s1. The molecule has 2 atom stereocenters. The van der Waals surface area contributed by atoms with Crippen LogP contribution in [-0.4, -0.2) is 34.7 Å². The zero-order valence-corrected chi connectivity index (χ0v) is 16.4. The molecular weight excluding hydrogens is 322 g/mol. The van der Waals surface area contributed by atoms with Crippen LogP contribution >= 0.6 is 11.8 Å². The first kappa shape index (κ1) is 20.8. The van der Waals surface area contributed by atoms with Gasteiger partial charge in [-0.25, -0.2) is 4.79 Å². The van der Waals surface area contributed by atoms with Gasteiger partial charge in [-0.05, 0) is 52.2 Å². The summed E-state index contributed by atoms with van der Waals surface area (Å²) in [6, 6.07) is 7.88. The van der Waals surface area contributed by atoms with E-state index < -0.39 is 17.8 Å². The number of benzene rings is 1. The molecule has 0 saturated heterocycles. The SMILES string of the molecule is Cc1ccc(SC[C@H](O)[C@H](CC(C)C)NC(=O)OC(C)(C)C)cc1. The van der Waals surface area contributed by atoms with Gasteiger partial charge in [-0.15, -0.1) is 11.8 Å². The maximum atomic E-state index is 12.0. The number of aliphatic hydroxyl groups excluding tert-OH is 1. The van der Waals surface area contributed by atoms with Crippen LogP contribution in [0, 0.1) is 12.8 Å². The van der Waals surface area contributed by atoms with E-state index in [9.17, 15) is 9.90 Å². The van der Waals surface area contributed by atoms with E-state index in [1.807, 2.05) is 39.8 Å². The molecule has 2 N–H and O–H groups in total. The van der Waals surface area contributed by atoms with Crippen LogP contribution in [0.1, 0.15) is 46.6 Å². The third kappa shape index (κ3) is 8.60. The van der Waals surface area contributed by atoms with Crippen molar-refractivity contribution in [3.8, 4) is 0 Å². The summed E-state index contributed by atoms with van der Waals surface area (Å²) in [7, 11) is 0. The van der Waals surface area contributed by atoms with E-state index in [1.165, 1.54) is 5.56 Å². The number of hydrogen-bond acceptors (Lipinski definition) is 4. The molecule has 0 radical (unpaired) electrons. The molecule has 1 aromatic rings. The van der Waals surface area contributed by atoms with Crippen molar-refractivity contribution >= 4 is 17.9 Å². The van der Waals surface area contributed by atoms with Gasteiger partial charge in [-0.3, -0.25) is 0 Å². The van der Waals surface area contributed by atoms with Crippen LogP contribution in [0.2, 0.25) is 0 Å². The van der Waals surface area contributed by atoms with E-state index in [0.717, 1.165) is 4.90 Å². The summed E-state index contributed by atoms with van der Waals surface area (Å²) < 4.78 is 5.31. The van der Waals surface area contributed by atoms with Gasteiger partial charge in [0, 0.05) is 10.6 Å². The Labute approximate surface area is 150 Å². The highest BCUT2D eigenvalue weighted by Gasteiger charge is 2.25. The van der Waals surface area contributed by atoms with Gasteiger partial charge in [0.1, 0.15) is 5.60 Å². The number of thioether (sulfide) groups is 1. The number of hydrogen-bond donors (Lipinski definition) is 2. The maximum Gasteiger partial charge on any atom is 0.407 e. The van der Waals surface area contributed by atoms with Crippen molar-refractivity contribution in [1.29, 1.82) is 0 Å². The summed E-state index contributed by atoms with van der Waals surface area (Å²) in [5.74, 6) is 0.889. The Bertz CT molecular complexity index is 508. The molecule has 0 unspecified atom stereocenters. The average molecular weight is 354 g/mol. The van der Waals surface area contributed by atoms with Gasteiger partial charge in [0.25, 0.3) is 0 Å². The monoisotopic (exact) mass is 353 g/mol. The lowest BCUT2D eigenvalue weighted by Gasteiger charge is -2.27. The van der Waals surface area contributed by atoms with Gasteiger partial charge in [-0.2, -0.15) is 0 Å². The van der Waals surface area contributed by atoms with Crippen molar-refractivity contribution in [2.45, 2.75) is 70.6 Å². The predicted molar refractivity (Wildman–Crippen MR) is 101 cm³/mol. The molecule has 0 saturated carbocycles. The number of nitrogens with one attached hydrogen (secondary N) is 1. The first-order valence-corrected chi connectivity index (χ1v) is 9.42. The molecule has 136 valence electrons. The Morgan fingerprint density at radius 1 is 1.25 bits per heavy atom. The lowest BCUT2D eigenvalue weighted by Crippen LogP contribution is -2.47.